The summed E-state index contributed by atoms with van der Waals surface area (Å²) in [4.78, 5) is 14.7. The SMILES string of the molecule is CCCN1C(=O)c2ccccc2/C=C\c2ccccc21. The summed E-state index contributed by atoms with van der Waals surface area (Å²) < 4.78 is 0. The largest absolute Gasteiger partial charge is 0.308 e. The summed E-state index contributed by atoms with van der Waals surface area (Å²) in [5.74, 6) is 0.0826. The van der Waals surface area contributed by atoms with Gasteiger partial charge in [0.25, 0.3) is 5.91 Å². The summed E-state index contributed by atoms with van der Waals surface area (Å²) >= 11 is 0. The van der Waals surface area contributed by atoms with Crippen molar-refractivity contribution in [2.75, 3.05) is 11.4 Å². The van der Waals surface area contributed by atoms with E-state index >= 15 is 0 Å². The van der Waals surface area contributed by atoms with Crippen molar-refractivity contribution in [2.24, 2.45) is 0 Å². The average molecular weight is 263 g/mol. The highest BCUT2D eigenvalue weighted by Gasteiger charge is 2.21. The van der Waals surface area contributed by atoms with Crippen LogP contribution in [0, 0.1) is 0 Å². The van der Waals surface area contributed by atoms with Gasteiger partial charge in [-0.05, 0) is 29.7 Å². The zero-order valence-electron chi connectivity index (χ0n) is 11.5. The molecule has 1 aliphatic heterocycles. The minimum atomic E-state index is 0.0826. The fraction of sp³-hybridized carbons (Fsp3) is 0.167. The number of carbonyl (C=O) groups excluding carboxylic acids is 1. The summed E-state index contributed by atoms with van der Waals surface area (Å²) in [5, 5.41) is 0. The number of fused-ring (bicyclic) bond motifs is 2. The number of para-hydroxylation sites is 1. The highest BCUT2D eigenvalue weighted by atomic mass is 16.2. The lowest BCUT2D eigenvalue weighted by Crippen LogP contribution is -2.33. The Morgan fingerprint density at radius 1 is 0.900 bits per heavy atom. The smallest absolute Gasteiger partial charge is 0.258 e. The Morgan fingerprint density at radius 2 is 1.55 bits per heavy atom. The maximum atomic E-state index is 12.8. The van der Waals surface area contributed by atoms with Crippen molar-refractivity contribution >= 4 is 23.7 Å². The third-order valence-corrected chi connectivity index (χ3v) is 3.55. The molecule has 0 radical (unpaired) electrons. The number of rotatable bonds is 2. The normalized spacial score (nSPS) is 15.1. The Bertz CT molecular complexity index is 673. The van der Waals surface area contributed by atoms with Gasteiger partial charge < -0.3 is 4.90 Å². The van der Waals surface area contributed by atoms with Gasteiger partial charge in [-0.2, -0.15) is 0 Å². The Labute approximate surface area is 119 Å². The fourth-order valence-electron chi connectivity index (χ4n) is 2.59. The number of hydrogen-bond acceptors (Lipinski definition) is 1. The van der Waals surface area contributed by atoms with Crippen LogP contribution in [0.3, 0.4) is 0 Å². The van der Waals surface area contributed by atoms with Gasteiger partial charge in [0.15, 0.2) is 0 Å². The van der Waals surface area contributed by atoms with Gasteiger partial charge in [-0.25, -0.2) is 0 Å². The molecule has 3 rings (SSSR count). The van der Waals surface area contributed by atoms with E-state index in [0.717, 1.165) is 35.3 Å². The van der Waals surface area contributed by atoms with Crippen molar-refractivity contribution in [3.05, 3.63) is 65.2 Å². The molecule has 1 heterocycles. The van der Waals surface area contributed by atoms with Crippen molar-refractivity contribution in [2.45, 2.75) is 13.3 Å². The minimum absolute atomic E-state index is 0.0826. The third kappa shape index (κ3) is 2.14. The van der Waals surface area contributed by atoms with Gasteiger partial charge in [0.05, 0.1) is 5.69 Å². The molecule has 1 aliphatic rings. The van der Waals surface area contributed by atoms with Gasteiger partial charge >= 0.3 is 0 Å². The maximum Gasteiger partial charge on any atom is 0.258 e. The lowest BCUT2D eigenvalue weighted by Gasteiger charge is -2.26. The number of amides is 1. The van der Waals surface area contributed by atoms with E-state index in [2.05, 4.69) is 19.1 Å². The zero-order chi connectivity index (χ0) is 13.9. The van der Waals surface area contributed by atoms with Gasteiger partial charge in [-0.15, -0.1) is 0 Å². The first-order valence-corrected chi connectivity index (χ1v) is 6.99. The van der Waals surface area contributed by atoms with E-state index in [1.807, 2.05) is 53.4 Å². The van der Waals surface area contributed by atoms with Crippen molar-refractivity contribution in [3.63, 3.8) is 0 Å². The minimum Gasteiger partial charge on any atom is -0.308 e. The van der Waals surface area contributed by atoms with Crippen LogP contribution < -0.4 is 4.90 Å². The monoisotopic (exact) mass is 263 g/mol. The van der Waals surface area contributed by atoms with Gasteiger partial charge in [-0.3, -0.25) is 4.79 Å². The Kier molecular flexibility index (Phi) is 3.38. The molecule has 0 fully saturated rings. The number of nitrogens with zero attached hydrogens (tertiary/aromatic N) is 1. The molecule has 0 aromatic heterocycles. The molecule has 2 nitrogen and oxygen atoms in total. The van der Waals surface area contributed by atoms with E-state index in [9.17, 15) is 4.79 Å². The average Bonchev–Trinajstić information content (AvgIpc) is 2.49. The molecule has 2 heteroatoms. The summed E-state index contributed by atoms with van der Waals surface area (Å²) in [6.45, 7) is 2.83. The van der Waals surface area contributed by atoms with Crippen molar-refractivity contribution < 1.29 is 4.79 Å². The van der Waals surface area contributed by atoms with Gasteiger partial charge in [-0.1, -0.05) is 55.5 Å². The van der Waals surface area contributed by atoms with Crippen LogP contribution >= 0.6 is 0 Å². The molecule has 0 bridgehead atoms. The molecular formula is C18H17NO. The molecule has 2 aromatic carbocycles. The Morgan fingerprint density at radius 3 is 2.35 bits per heavy atom. The second-order valence-corrected chi connectivity index (χ2v) is 4.94. The lowest BCUT2D eigenvalue weighted by atomic mass is 10.0. The molecule has 0 N–H and O–H groups in total. The first-order valence-electron chi connectivity index (χ1n) is 6.99. The predicted molar refractivity (Wildman–Crippen MR) is 83.8 cm³/mol. The van der Waals surface area contributed by atoms with Crippen LogP contribution in [-0.2, 0) is 0 Å². The van der Waals surface area contributed by atoms with Crippen LogP contribution in [0.25, 0.3) is 12.2 Å². The van der Waals surface area contributed by atoms with E-state index in [1.165, 1.54) is 0 Å². The first-order chi connectivity index (χ1) is 9.81. The standard InChI is InChI=1S/C18H17NO/c1-2-13-19-17-10-6-4-8-15(17)12-11-14-7-3-5-9-16(14)18(19)20/h3-12H,2,13H2,1H3/b12-11-. The van der Waals surface area contributed by atoms with Crippen LogP contribution in [0.15, 0.2) is 48.5 Å². The van der Waals surface area contributed by atoms with Crippen LogP contribution in [0.5, 0.6) is 0 Å². The van der Waals surface area contributed by atoms with Gasteiger partial charge in [0.2, 0.25) is 0 Å². The first kappa shape index (κ1) is 12.7. The molecule has 2 aromatic rings. The summed E-state index contributed by atoms with van der Waals surface area (Å²) in [6.07, 6.45) is 5.05. The summed E-state index contributed by atoms with van der Waals surface area (Å²) in [6, 6.07) is 15.8. The Balaban J connectivity index is 2.21. The van der Waals surface area contributed by atoms with E-state index in [1.54, 1.807) is 0 Å². The van der Waals surface area contributed by atoms with Crippen molar-refractivity contribution in [3.8, 4) is 0 Å². The van der Waals surface area contributed by atoms with Crippen molar-refractivity contribution in [1.82, 2.24) is 0 Å². The van der Waals surface area contributed by atoms with Crippen LogP contribution in [0.4, 0.5) is 5.69 Å². The maximum absolute atomic E-state index is 12.8. The van der Waals surface area contributed by atoms with Gasteiger partial charge in [0, 0.05) is 12.1 Å². The highest BCUT2D eigenvalue weighted by molar-refractivity contribution is 6.10. The molecule has 20 heavy (non-hydrogen) atoms. The van der Waals surface area contributed by atoms with Crippen molar-refractivity contribution in [1.29, 1.82) is 0 Å². The Hall–Kier alpha value is -2.35. The number of anilines is 1. The molecule has 0 unspecified atom stereocenters. The van der Waals surface area contributed by atoms with Crippen LogP contribution in [-0.4, -0.2) is 12.5 Å². The second kappa shape index (κ2) is 5.33. The highest BCUT2D eigenvalue weighted by Crippen LogP contribution is 2.28. The van der Waals surface area contributed by atoms with E-state index < -0.39 is 0 Å². The summed E-state index contributed by atoms with van der Waals surface area (Å²) in [5.41, 5.74) is 3.83. The number of hydrogen-bond donors (Lipinski definition) is 0. The van der Waals surface area contributed by atoms with E-state index in [-0.39, 0.29) is 5.91 Å². The molecule has 0 saturated carbocycles. The quantitative estimate of drug-likeness (QED) is 0.794. The van der Waals surface area contributed by atoms with E-state index in [0.29, 0.717) is 0 Å². The predicted octanol–water partition coefficient (Wildman–Crippen LogP) is 4.23. The number of benzene rings is 2. The second-order valence-electron chi connectivity index (χ2n) is 4.94. The molecular weight excluding hydrogens is 246 g/mol. The molecule has 100 valence electrons. The molecule has 0 atom stereocenters. The topological polar surface area (TPSA) is 20.3 Å². The van der Waals surface area contributed by atoms with Crippen LogP contribution in [0.2, 0.25) is 0 Å². The van der Waals surface area contributed by atoms with Crippen LogP contribution in [0.1, 0.15) is 34.8 Å². The van der Waals surface area contributed by atoms with Gasteiger partial charge in [0.1, 0.15) is 0 Å². The third-order valence-electron chi connectivity index (χ3n) is 3.55. The lowest BCUT2D eigenvalue weighted by molar-refractivity contribution is 0.0986. The molecule has 0 aliphatic carbocycles. The fourth-order valence-corrected chi connectivity index (χ4v) is 2.59. The molecule has 0 spiro atoms. The summed E-state index contributed by atoms with van der Waals surface area (Å²) in [7, 11) is 0. The number of carbonyl (C=O) groups is 1. The van der Waals surface area contributed by atoms with E-state index in [4.69, 9.17) is 0 Å². The zero-order valence-corrected chi connectivity index (χ0v) is 11.5. The molecule has 0 saturated heterocycles. The molecule has 1 amide bonds.